The highest BCUT2D eigenvalue weighted by atomic mass is 127. The molecule has 1 aromatic heterocycles. The fourth-order valence-electron chi connectivity index (χ4n) is 2.25. The number of nitrogens with zero attached hydrogens (tertiary/aromatic N) is 3. The van der Waals surface area contributed by atoms with Crippen LogP contribution in [0.2, 0.25) is 0 Å². The van der Waals surface area contributed by atoms with E-state index in [4.69, 9.17) is 0 Å². The van der Waals surface area contributed by atoms with Gasteiger partial charge in [0, 0.05) is 28.0 Å². The summed E-state index contributed by atoms with van der Waals surface area (Å²) in [7, 11) is 0. The maximum atomic E-state index is 4.41. The number of piperidine rings is 1. The summed E-state index contributed by atoms with van der Waals surface area (Å²) in [6, 6.07) is 1.13. The van der Waals surface area contributed by atoms with E-state index in [2.05, 4.69) is 51.3 Å². The van der Waals surface area contributed by atoms with E-state index in [0.29, 0.717) is 12.1 Å². The Hall–Kier alpha value is -0.390. The van der Waals surface area contributed by atoms with Crippen molar-refractivity contribution in [3.05, 3.63) is 16.0 Å². The van der Waals surface area contributed by atoms with Crippen molar-refractivity contribution >= 4 is 28.5 Å². The van der Waals surface area contributed by atoms with Gasteiger partial charge in [0.25, 0.3) is 0 Å². The molecular weight excluding hydrogens is 301 g/mol. The van der Waals surface area contributed by atoms with E-state index in [1.165, 1.54) is 19.3 Å². The molecule has 0 spiro atoms. The molecule has 0 N–H and O–H groups in total. The highest BCUT2D eigenvalue weighted by Crippen LogP contribution is 2.26. The molecule has 1 aliphatic heterocycles. The average molecular weight is 317 g/mol. The second-order valence-electron chi connectivity index (χ2n) is 4.24. The van der Waals surface area contributed by atoms with Crippen molar-refractivity contribution in [3.63, 3.8) is 0 Å². The lowest BCUT2D eigenvalue weighted by atomic mass is 9.98. The molecular formula is C11H16IN3. The first kappa shape index (κ1) is 11.1. The van der Waals surface area contributed by atoms with Gasteiger partial charge >= 0.3 is 0 Å². The quantitative estimate of drug-likeness (QED) is 0.746. The first-order valence-electron chi connectivity index (χ1n) is 5.44. The lowest BCUT2D eigenvalue weighted by Gasteiger charge is -2.38. The Morgan fingerprint density at radius 1 is 1.20 bits per heavy atom. The Labute approximate surface area is 104 Å². The van der Waals surface area contributed by atoms with Gasteiger partial charge < -0.3 is 4.90 Å². The molecule has 15 heavy (non-hydrogen) atoms. The topological polar surface area (TPSA) is 29.0 Å². The van der Waals surface area contributed by atoms with E-state index < -0.39 is 0 Å². The van der Waals surface area contributed by atoms with Crippen molar-refractivity contribution in [1.29, 1.82) is 0 Å². The minimum atomic E-state index is 0.564. The Kier molecular flexibility index (Phi) is 3.43. The summed E-state index contributed by atoms with van der Waals surface area (Å²) in [5.41, 5.74) is 0. The molecule has 2 rings (SSSR count). The second-order valence-corrected chi connectivity index (χ2v) is 5.48. The summed E-state index contributed by atoms with van der Waals surface area (Å²) < 4.78 is 1.09. The molecule has 2 unspecified atom stereocenters. The van der Waals surface area contributed by atoms with Gasteiger partial charge in [-0.05, 0) is 55.7 Å². The zero-order valence-corrected chi connectivity index (χ0v) is 11.3. The summed E-state index contributed by atoms with van der Waals surface area (Å²) in [6.45, 7) is 4.52. The van der Waals surface area contributed by atoms with Crippen LogP contribution in [0.5, 0.6) is 0 Å². The maximum absolute atomic E-state index is 4.41. The van der Waals surface area contributed by atoms with Crippen LogP contribution < -0.4 is 4.90 Å². The number of anilines is 1. The Bertz CT molecular complexity index is 315. The number of hydrogen-bond donors (Lipinski definition) is 0. The molecule has 1 aromatic rings. The number of aromatic nitrogens is 2. The minimum Gasteiger partial charge on any atom is -0.335 e. The molecule has 0 aliphatic carbocycles. The van der Waals surface area contributed by atoms with Gasteiger partial charge in [0.05, 0.1) is 0 Å². The first-order chi connectivity index (χ1) is 7.18. The monoisotopic (exact) mass is 317 g/mol. The van der Waals surface area contributed by atoms with E-state index in [0.717, 1.165) is 9.52 Å². The SMILES string of the molecule is CC1CCCC(C)N1c1ncc(I)cn1. The molecule has 0 amide bonds. The number of halogens is 1. The molecule has 1 fully saturated rings. The standard InChI is InChI=1S/C11H16IN3/c1-8-4-3-5-9(2)15(8)11-13-6-10(12)7-14-11/h6-9H,3-5H2,1-2H3. The smallest absolute Gasteiger partial charge is 0.225 e. The Balaban J connectivity index is 2.23. The van der Waals surface area contributed by atoms with Gasteiger partial charge in [-0.2, -0.15) is 0 Å². The number of rotatable bonds is 1. The molecule has 0 saturated carbocycles. The van der Waals surface area contributed by atoms with Crippen LogP contribution in [-0.4, -0.2) is 22.1 Å². The fraction of sp³-hybridized carbons (Fsp3) is 0.636. The van der Waals surface area contributed by atoms with Gasteiger partial charge in [0.2, 0.25) is 5.95 Å². The zero-order chi connectivity index (χ0) is 10.8. The summed E-state index contributed by atoms with van der Waals surface area (Å²) in [6.07, 6.45) is 7.59. The van der Waals surface area contributed by atoms with Crippen LogP contribution in [0.1, 0.15) is 33.1 Å². The highest BCUT2D eigenvalue weighted by Gasteiger charge is 2.26. The average Bonchev–Trinajstić information content (AvgIpc) is 2.20. The van der Waals surface area contributed by atoms with Crippen LogP contribution in [0.25, 0.3) is 0 Å². The molecule has 0 aromatic carbocycles. The van der Waals surface area contributed by atoms with Gasteiger partial charge in [-0.25, -0.2) is 9.97 Å². The van der Waals surface area contributed by atoms with E-state index in [1.54, 1.807) is 0 Å². The van der Waals surface area contributed by atoms with Gasteiger partial charge in [0.1, 0.15) is 0 Å². The molecule has 3 nitrogen and oxygen atoms in total. The maximum Gasteiger partial charge on any atom is 0.225 e. The molecule has 4 heteroatoms. The summed E-state index contributed by atoms with van der Waals surface area (Å²) >= 11 is 2.23. The van der Waals surface area contributed by atoms with Crippen LogP contribution in [0, 0.1) is 3.57 Å². The number of hydrogen-bond acceptors (Lipinski definition) is 3. The predicted molar refractivity (Wildman–Crippen MR) is 70.0 cm³/mol. The van der Waals surface area contributed by atoms with Crippen LogP contribution in [0.3, 0.4) is 0 Å². The molecule has 82 valence electrons. The Morgan fingerprint density at radius 2 is 1.73 bits per heavy atom. The molecule has 2 heterocycles. The fourth-order valence-corrected chi connectivity index (χ4v) is 2.53. The predicted octanol–water partition coefficient (Wildman–Crippen LogP) is 2.85. The van der Waals surface area contributed by atoms with E-state index in [-0.39, 0.29) is 0 Å². The molecule has 0 radical (unpaired) electrons. The molecule has 1 aliphatic rings. The third-order valence-electron chi connectivity index (χ3n) is 3.03. The van der Waals surface area contributed by atoms with Crippen molar-refractivity contribution in [1.82, 2.24) is 9.97 Å². The molecule has 0 bridgehead atoms. The minimum absolute atomic E-state index is 0.564. The largest absolute Gasteiger partial charge is 0.335 e. The normalized spacial score (nSPS) is 26.7. The summed E-state index contributed by atoms with van der Waals surface area (Å²) in [5, 5.41) is 0. The molecule has 1 saturated heterocycles. The van der Waals surface area contributed by atoms with Crippen LogP contribution in [0.4, 0.5) is 5.95 Å². The van der Waals surface area contributed by atoms with E-state index >= 15 is 0 Å². The van der Waals surface area contributed by atoms with Gasteiger partial charge in [0.15, 0.2) is 0 Å². The van der Waals surface area contributed by atoms with Crippen molar-refractivity contribution in [2.45, 2.75) is 45.2 Å². The van der Waals surface area contributed by atoms with Gasteiger partial charge in [-0.3, -0.25) is 0 Å². The third-order valence-corrected chi connectivity index (χ3v) is 3.59. The van der Waals surface area contributed by atoms with Crippen molar-refractivity contribution in [3.8, 4) is 0 Å². The zero-order valence-electron chi connectivity index (χ0n) is 9.15. The van der Waals surface area contributed by atoms with E-state index in [1.807, 2.05) is 12.4 Å². The lowest BCUT2D eigenvalue weighted by molar-refractivity contribution is 0.407. The highest BCUT2D eigenvalue weighted by molar-refractivity contribution is 14.1. The van der Waals surface area contributed by atoms with Crippen LogP contribution >= 0.6 is 22.6 Å². The second kappa shape index (κ2) is 4.63. The third kappa shape index (κ3) is 2.41. The summed E-state index contributed by atoms with van der Waals surface area (Å²) in [5.74, 6) is 0.884. The van der Waals surface area contributed by atoms with Gasteiger partial charge in [-0.15, -0.1) is 0 Å². The first-order valence-corrected chi connectivity index (χ1v) is 6.52. The molecule has 2 atom stereocenters. The van der Waals surface area contributed by atoms with Crippen molar-refractivity contribution in [2.24, 2.45) is 0 Å². The van der Waals surface area contributed by atoms with Crippen LogP contribution in [0.15, 0.2) is 12.4 Å². The van der Waals surface area contributed by atoms with Crippen LogP contribution in [-0.2, 0) is 0 Å². The van der Waals surface area contributed by atoms with Gasteiger partial charge in [-0.1, -0.05) is 0 Å². The van der Waals surface area contributed by atoms with E-state index in [9.17, 15) is 0 Å². The lowest BCUT2D eigenvalue weighted by Crippen LogP contribution is -2.44. The Morgan fingerprint density at radius 3 is 2.27 bits per heavy atom. The van der Waals surface area contributed by atoms with Crippen molar-refractivity contribution < 1.29 is 0 Å². The summed E-state index contributed by atoms with van der Waals surface area (Å²) in [4.78, 5) is 11.2. The van der Waals surface area contributed by atoms with Crippen molar-refractivity contribution in [2.75, 3.05) is 4.90 Å².